The van der Waals surface area contributed by atoms with E-state index in [4.69, 9.17) is 4.74 Å². The van der Waals surface area contributed by atoms with E-state index in [1.807, 2.05) is 13.8 Å². The number of rotatable bonds is 3. The lowest BCUT2D eigenvalue weighted by molar-refractivity contribution is -0.232. The van der Waals surface area contributed by atoms with Crippen LogP contribution in [0, 0.1) is 11.8 Å². The van der Waals surface area contributed by atoms with Gasteiger partial charge in [-0.25, -0.2) is 0 Å². The van der Waals surface area contributed by atoms with Crippen LogP contribution < -0.4 is 0 Å². The Balaban J connectivity index is 2.34. The van der Waals surface area contributed by atoms with E-state index in [1.165, 1.54) is 11.8 Å². The van der Waals surface area contributed by atoms with Crippen molar-refractivity contribution < 1.29 is 24.2 Å². The average molecular weight is 339 g/mol. The minimum Gasteiger partial charge on any atom is -0.352 e. The Kier molecular flexibility index (Phi) is 5.81. The number of nitrogens with zero attached hydrogens (tertiary/aromatic N) is 1. The maximum atomic E-state index is 13.0. The summed E-state index contributed by atoms with van der Waals surface area (Å²) in [7, 11) is 0. The topological polar surface area (TPSA) is 83.9 Å². The molecule has 2 heterocycles. The Hall–Kier alpha value is -1.27. The highest BCUT2D eigenvalue weighted by atomic mass is 16.6. The van der Waals surface area contributed by atoms with Crippen LogP contribution in [0.25, 0.3) is 0 Å². The van der Waals surface area contributed by atoms with Crippen LogP contribution in [0.15, 0.2) is 0 Å². The molecule has 0 bridgehead atoms. The number of ketones is 2. The number of carbonyl (C=O) groups is 3. The zero-order chi connectivity index (χ0) is 18.1. The number of piperidine rings is 1. The lowest BCUT2D eigenvalue weighted by Crippen LogP contribution is -2.61. The van der Waals surface area contributed by atoms with Gasteiger partial charge in [-0.1, -0.05) is 20.8 Å². The van der Waals surface area contributed by atoms with E-state index in [0.717, 1.165) is 12.8 Å². The first kappa shape index (κ1) is 19.1. The first-order valence-corrected chi connectivity index (χ1v) is 8.94. The van der Waals surface area contributed by atoms with Crippen molar-refractivity contribution in [1.82, 2.24) is 4.90 Å². The number of ether oxygens (including phenoxy) is 1. The van der Waals surface area contributed by atoms with E-state index in [9.17, 15) is 19.5 Å². The SMILES string of the molecule is CC(=O)[C@@H]1CCCCN1C(=O)C1(O)OC(C(C)C)CC[C@@H](C)C1=O. The molecule has 2 aliphatic rings. The molecule has 0 spiro atoms. The van der Waals surface area contributed by atoms with E-state index in [0.29, 0.717) is 25.8 Å². The fourth-order valence-corrected chi connectivity index (χ4v) is 3.63. The van der Waals surface area contributed by atoms with Gasteiger partial charge in [0.2, 0.25) is 5.78 Å². The monoisotopic (exact) mass is 339 g/mol. The molecule has 1 amide bonds. The molecule has 6 nitrogen and oxygen atoms in total. The smallest absolute Gasteiger partial charge is 0.309 e. The van der Waals surface area contributed by atoms with Gasteiger partial charge in [-0.15, -0.1) is 0 Å². The molecule has 136 valence electrons. The summed E-state index contributed by atoms with van der Waals surface area (Å²) >= 11 is 0. The van der Waals surface area contributed by atoms with Crippen molar-refractivity contribution in [2.75, 3.05) is 6.54 Å². The van der Waals surface area contributed by atoms with Gasteiger partial charge >= 0.3 is 5.79 Å². The number of aliphatic hydroxyl groups is 1. The van der Waals surface area contributed by atoms with Gasteiger partial charge in [0.1, 0.15) is 0 Å². The Morgan fingerprint density at radius 2 is 1.92 bits per heavy atom. The highest BCUT2D eigenvalue weighted by Gasteiger charge is 2.54. The van der Waals surface area contributed by atoms with Crippen LogP contribution in [0.5, 0.6) is 0 Å². The number of amides is 1. The van der Waals surface area contributed by atoms with Crippen LogP contribution in [-0.4, -0.2) is 52.0 Å². The van der Waals surface area contributed by atoms with Crippen molar-refractivity contribution in [3.63, 3.8) is 0 Å². The van der Waals surface area contributed by atoms with Crippen molar-refractivity contribution in [3.05, 3.63) is 0 Å². The minimum absolute atomic E-state index is 0.0763. The summed E-state index contributed by atoms with van der Waals surface area (Å²) in [5, 5.41) is 11.0. The minimum atomic E-state index is -2.48. The van der Waals surface area contributed by atoms with Crippen molar-refractivity contribution in [1.29, 1.82) is 0 Å². The molecule has 1 N–H and O–H groups in total. The maximum absolute atomic E-state index is 13.0. The first-order valence-electron chi connectivity index (χ1n) is 8.94. The molecule has 2 aliphatic heterocycles. The second-order valence-electron chi connectivity index (χ2n) is 7.51. The lowest BCUT2D eigenvalue weighted by atomic mass is 9.92. The molecule has 0 radical (unpaired) electrons. The fraction of sp³-hybridized carbons (Fsp3) is 0.833. The van der Waals surface area contributed by atoms with Crippen LogP contribution in [0.1, 0.15) is 59.8 Å². The van der Waals surface area contributed by atoms with Crippen molar-refractivity contribution in [3.8, 4) is 0 Å². The number of Topliss-reactive ketones (excluding diaryl/α,β-unsaturated/α-hetero) is 2. The Labute approximate surface area is 143 Å². The number of likely N-dealkylation sites (tertiary alicyclic amines) is 1. The van der Waals surface area contributed by atoms with E-state index in [2.05, 4.69) is 0 Å². The Morgan fingerprint density at radius 1 is 1.25 bits per heavy atom. The molecule has 0 aromatic heterocycles. The summed E-state index contributed by atoms with van der Waals surface area (Å²) in [4.78, 5) is 39.0. The number of hydrogen-bond acceptors (Lipinski definition) is 5. The van der Waals surface area contributed by atoms with Gasteiger partial charge in [-0.05, 0) is 44.9 Å². The van der Waals surface area contributed by atoms with Gasteiger partial charge in [0.25, 0.3) is 5.91 Å². The van der Waals surface area contributed by atoms with Crippen molar-refractivity contribution in [2.45, 2.75) is 77.7 Å². The van der Waals surface area contributed by atoms with E-state index < -0.39 is 29.4 Å². The summed E-state index contributed by atoms with van der Waals surface area (Å²) in [5.74, 6) is -4.34. The molecular weight excluding hydrogens is 310 g/mol. The molecule has 0 aromatic carbocycles. The van der Waals surface area contributed by atoms with E-state index >= 15 is 0 Å². The predicted molar refractivity (Wildman–Crippen MR) is 88.1 cm³/mol. The molecule has 0 saturated carbocycles. The second kappa shape index (κ2) is 7.31. The van der Waals surface area contributed by atoms with Crippen LogP contribution in [0.2, 0.25) is 0 Å². The average Bonchev–Trinajstić information content (AvgIpc) is 2.66. The van der Waals surface area contributed by atoms with Gasteiger partial charge in [0.05, 0.1) is 12.1 Å². The Bertz CT molecular complexity index is 518. The molecule has 2 saturated heterocycles. The zero-order valence-corrected chi connectivity index (χ0v) is 15.1. The van der Waals surface area contributed by atoms with Gasteiger partial charge in [0, 0.05) is 12.5 Å². The molecule has 24 heavy (non-hydrogen) atoms. The van der Waals surface area contributed by atoms with Crippen molar-refractivity contribution in [2.24, 2.45) is 11.8 Å². The quantitative estimate of drug-likeness (QED) is 0.791. The summed E-state index contributed by atoms with van der Waals surface area (Å²) in [6, 6.07) is -0.581. The van der Waals surface area contributed by atoms with Gasteiger partial charge < -0.3 is 14.7 Å². The largest absolute Gasteiger partial charge is 0.352 e. The summed E-state index contributed by atoms with van der Waals surface area (Å²) in [6.07, 6.45) is 3.00. The third kappa shape index (κ3) is 3.54. The van der Waals surface area contributed by atoms with Gasteiger partial charge in [0.15, 0.2) is 5.78 Å². The third-order valence-electron chi connectivity index (χ3n) is 5.25. The van der Waals surface area contributed by atoms with Crippen LogP contribution in [-0.2, 0) is 19.1 Å². The lowest BCUT2D eigenvalue weighted by Gasteiger charge is -2.39. The number of carbonyl (C=O) groups excluding carboxylic acids is 3. The maximum Gasteiger partial charge on any atom is 0.309 e. The molecule has 6 heteroatoms. The third-order valence-corrected chi connectivity index (χ3v) is 5.25. The molecule has 0 aromatic rings. The second-order valence-corrected chi connectivity index (χ2v) is 7.51. The molecule has 2 unspecified atom stereocenters. The molecule has 0 aliphatic carbocycles. The summed E-state index contributed by atoms with van der Waals surface area (Å²) < 4.78 is 5.69. The van der Waals surface area contributed by atoms with E-state index in [-0.39, 0.29) is 17.8 Å². The number of hydrogen-bond donors (Lipinski definition) is 1. The molecule has 2 fully saturated rings. The van der Waals surface area contributed by atoms with Gasteiger partial charge in [-0.3, -0.25) is 14.4 Å². The highest BCUT2D eigenvalue weighted by molar-refractivity contribution is 6.09. The highest BCUT2D eigenvalue weighted by Crippen LogP contribution is 2.33. The summed E-state index contributed by atoms with van der Waals surface area (Å²) in [5.41, 5.74) is 0. The first-order chi connectivity index (χ1) is 11.2. The van der Waals surface area contributed by atoms with Crippen molar-refractivity contribution >= 4 is 17.5 Å². The van der Waals surface area contributed by atoms with Crippen LogP contribution in [0.3, 0.4) is 0 Å². The normalized spacial score (nSPS) is 35.0. The summed E-state index contributed by atoms with van der Waals surface area (Å²) in [6.45, 7) is 7.40. The zero-order valence-electron chi connectivity index (χ0n) is 15.1. The van der Waals surface area contributed by atoms with E-state index in [1.54, 1.807) is 6.92 Å². The standard InChI is InChI=1S/C18H29NO5/c1-11(2)15-9-8-12(3)16(21)18(23,24-15)17(22)19-10-6-5-7-14(19)13(4)20/h11-12,14-15,23H,5-10H2,1-4H3/t12-,14+,15?,18?/m1/s1. The Morgan fingerprint density at radius 3 is 2.50 bits per heavy atom. The van der Waals surface area contributed by atoms with Crippen LogP contribution >= 0.6 is 0 Å². The molecule has 4 atom stereocenters. The predicted octanol–water partition coefficient (Wildman–Crippen LogP) is 1.69. The fourth-order valence-electron chi connectivity index (χ4n) is 3.63. The van der Waals surface area contributed by atoms with Gasteiger partial charge in [-0.2, -0.15) is 0 Å². The molecule has 2 rings (SSSR count). The molecular formula is C18H29NO5. The van der Waals surface area contributed by atoms with Crippen LogP contribution in [0.4, 0.5) is 0 Å².